The van der Waals surface area contributed by atoms with Gasteiger partial charge in [-0.3, -0.25) is 19.2 Å². The molecule has 1 fully saturated rings. The molecule has 0 amide bonds. The van der Waals surface area contributed by atoms with Crippen molar-refractivity contribution in [2.45, 2.75) is 6.42 Å². The normalized spacial score (nSPS) is 17.8. The average Bonchev–Trinajstić information content (AvgIpc) is 2.78. The van der Waals surface area contributed by atoms with Crippen LogP contribution >= 0.6 is 0 Å². The number of nitrogens with zero attached hydrogens (tertiary/aromatic N) is 2. The summed E-state index contributed by atoms with van der Waals surface area (Å²) in [6, 6.07) is 7.72. The summed E-state index contributed by atoms with van der Waals surface area (Å²) in [7, 11) is 3.71. The first kappa shape index (κ1) is 14.9. The lowest BCUT2D eigenvalue weighted by atomic mass is 9.90. The Morgan fingerprint density at radius 2 is 1.30 bits per heavy atom. The highest BCUT2D eigenvalue weighted by Crippen LogP contribution is 2.39. The van der Waals surface area contributed by atoms with Crippen LogP contribution in [-0.4, -0.2) is 37.2 Å². The van der Waals surface area contributed by atoms with Gasteiger partial charge in [0, 0.05) is 14.1 Å². The van der Waals surface area contributed by atoms with Crippen molar-refractivity contribution in [2.24, 2.45) is 0 Å². The molecule has 0 aromatic heterocycles. The Morgan fingerprint density at radius 3 is 1.78 bits per heavy atom. The Hall–Kier alpha value is -3.02. The van der Waals surface area contributed by atoms with Gasteiger partial charge in [-0.15, -0.1) is 0 Å². The Labute approximate surface area is 132 Å². The number of carbonyl (C=O) groups is 4. The molecule has 0 spiro atoms. The van der Waals surface area contributed by atoms with E-state index < -0.39 is 29.6 Å². The Bertz CT molecular complexity index is 761. The summed E-state index contributed by atoms with van der Waals surface area (Å²) in [5.74, 6) is -2.74. The molecule has 1 heterocycles. The van der Waals surface area contributed by atoms with Crippen LogP contribution in [0, 0.1) is 0 Å². The van der Waals surface area contributed by atoms with E-state index in [9.17, 15) is 19.2 Å². The second kappa shape index (κ2) is 5.31. The smallest absolute Gasteiger partial charge is 0.233 e. The van der Waals surface area contributed by atoms with Gasteiger partial charge in [-0.2, -0.15) is 0 Å². The van der Waals surface area contributed by atoms with Crippen molar-refractivity contribution >= 4 is 34.5 Å². The molecule has 1 saturated carbocycles. The molecule has 1 aromatic rings. The third kappa shape index (κ3) is 2.28. The van der Waals surface area contributed by atoms with Crippen LogP contribution < -0.4 is 9.80 Å². The standard InChI is InChI=1S/C17H14N2O4/c1-18-11-5-3-4-6-12(11)19(2)15(18)8-7-10-16(22)13(20)9-14(21)17(10)23/h3-8H,9H2,1-2H3. The lowest BCUT2D eigenvalue weighted by Crippen LogP contribution is -2.35. The van der Waals surface area contributed by atoms with Gasteiger partial charge < -0.3 is 9.80 Å². The van der Waals surface area contributed by atoms with Gasteiger partial charge >= 0.3 is 0 Å². The van der Waals surface area contributed by atoms with Crippen LogP contribution in [0.1, 0.15) is 6.42 Å². The van der Waals surface area contributed by atoms with Gasteiger partial charge in [0.15, 0.2) is 0 Å². The van der Waals surface area contributed by atoms with Crippen molar-refractivity contribution in [2.75, 3.05) is 23.9 Å². The highest BCUT2D eigenvalue weighted by atomic mass is 16.2. The minimum absolute atomic E-state index is 0.364. The van der Waals surface area contributed by atoms with Gasteiger partial charge in [0.2, 0.25) is 23.1 Å². The SMILES string of the molecule is CN1C(=CC=C2C(=O)C(=O)CC(=O)C2=O)N(C)c2ccccc21. The fourth-order valence-electron chi connectivity index (χ4n) is 2.75. The van der Waals surface area contributed by atoms with Crippen molar-refractivity contribution in [3.8, 4) is 0 Å². The number of rotatable bonds is 1. The van der Waals surface area contributed by atoms with Gasteiger partial charge in [-0.05, 0) is 24.3 Å². The molecule has 6 heteroatoms. The van der Waals surface area contributed by atoms with E-state index in [4.69, 9.17) is 0 Å². The third-order valence-corrected chi connectivity index (χ3v) is 4.01. The summed E-state index contributed by atoms with van der Waals surface area (Å²) in [5.41, 5.74) is 1.60. The summed E-state index contributed by atoms with van der Waals surface area (Å²) in [6.45, 7) is 0. The van der Waals surface area contributed by atoms with Crippen LogP contribution in [0.5, 0.6) is 0 Å². The molecular weight excluding hydrogens is 296 g/mol. The maximum Gasteiger partial charge on any atom is 0.233 e. The van der Waals surface area contributed by atoms with Gasteiger partial charge in [0.1, 0.15) is 5.82 Å². The molecule has 0 bridgehead atoms. The van der Waals surface area contributed by atoms with E-state index in [0.717, 1.165) is 17.2 Å². The fraction of sp³-hybridized carbons (Fsp3) is 0.176. The Kier molecular flexibility index (Phi) is 3.44. The molecule has 1 aromatic carbocycles. The molecule has 3 rings (SSSR count). The van der Waals surface area contributed by atoms with Crippen LogP contribution in [0.3, 0.4) is 0 Å². The highest BCUT2D eigenvalue weighted by molar-refractivity contribution is 6.67. The molecule has 1 aliphatic carbocycles. The Balaban J connectivity index is 2.00. The van der Waals surface area contributed by atoms with Crippen LogP contribution in [0.25, 0.3) is 0 Å². The van der Waals surface area contributed by atoms with Crippen LogP contribution in [0.15, 0.2) is 47.8 Å². The molecular formula is C17H14N2O4. The zero-order chi connectivity index (χ0) is 16.7. The largest absolute Gasteiger partial charge is 0.329 e. The lowest BCUT2D eigenvalue weighted by Gasteiger charge is -2.18. The van der Waals surface area contributed by atoms with Crippen molar-refractivity contribution in [3.63, 3.8) is 0 Å². The first-order valence-corrected chi connectivity index (χ1v) is 7.05. The minimum atomic E-state index is -0.896. The number of ketones is 4. The quantitative estimate of drug-likeness (QED) is 0.334. The highest BCUT2D eigenvalue weighted by Gasteiger charge is 2.36. The van der Waals surface area contributed by atoms with Crippen molar-refractivity contribution in [3.05, 3.63) is 47.8 Å². The Morgan fingerprint density at radius 1 is 0.826 bits per heavy atom. The summed E-state index contributed by atoms with van der Waals surface area (Å²) >= 11 is 0. The third-order valence-electron chi connectivity index (χ3n) is 4.01. The zero-order valence-electron chi connectivity index (χ0n) is 12.7. The summed E-state index contributed by atoms with van der Waals surface area (Å²) in [4.78, 5) is 50.4. The van der Waals surface area contributed by atoms with E-state index in [1.807, 2.05) is 48.2 Å². The second-order valence-electron chi connectivity index (χ2n) is 5.39. The summed E-state index contributed by atoms with van der Waals surface area (Å²) in [5, 5.41) is 0. The van der Waals surface area contributed by atoms with Crippen LogP contribution in [0.4, 0.5) is 11.4 Å². The van der Waals surface area contributed by atoms with Gasteiger partial charge in [-0.1, -0.05) is 12.1 Å². The number of fused-ring (bicyclic) bond motifs is 1. The van der Waals surface area contributed by atoms with Crippen molar-refractivity contribution < 1.29 is 19.2 Å². The number of para-hydroxylation sites is 2. The first-order valence-electron chi connectivity index (χ1n) is 7.05. The fourth-order valence-corrected chi connectivity index (χ4v) is 2.75. The van der Waals surface area contributed by atoms with Crippen LogP contribution in [0.2, 0.25) is 0 Å². The van der Waals surface area contributed by atoms with Crippen molar-refractivity contribution in [1.29, 1.82) is 0 Å². The molecule has 0 radical (unpaired) electrons. The maximum atomic E-state index is 11.8. The topological polar surface area (TPSA) is 74.8 Å². The minimum Gasteiger partial charge on any atom is -0.329 e. The number of hydrogen-bond donors (Lipinski definition) is 0. The van der Waals surface area contributed by atoms with E-state index in [-0.39, 0.29) is 5.57 Å². The van der Waals surface area contributed by atoms with Crippen molar-refractivity contribution in [1.82, 2.24) is 0 Å². The summed E-state index contributed by atoms with van der Waals surface area (Å²) in [6.07, 6.45) is 2.20. The summed E-state index contributed by atoms with van der Waals surface area (Å²) < 4.78 is 0. The van der Waals surface area contributed by atoms with Crippen LogP contribution in [-0.2, 0) is 19.2 Å². The average molecular weight is 310 g/mol. The number of carbonyl (C=O) groups excluding carboxylic acids is 4. The van der Waals surface area contributed by atoms with Gasteiger partial charge in [0.25, 0.3) is 0 Å². The molecule has 0 atom stereocenters. The predicted octanol–water partition coefficient (Wildman–Crippen LogP) is 1.02. The predicted molar refractivity (Wildman–Crippen MR) is 84.1 cm³/mol. The number of hydrogen-bond acceptors (Lipinski definition) is 6. The van der Waals surface area contributed by atoms with E-state index in [1.165, 1.54) is 6.08 Å². The molecule has 0 N–H and O–H groups in total. The second-order valence-corrected chi connectivity index (χ2v) is 5.39. The molecule has 1 aliphatic heterocycles. The lowest BCUT2D eigenvalue weighted by molar-refractivity contribution is -0.144. The molecule has 23 heavy (non-hydrogen) atoms. The number of anilines is 2. The van der Waals surface area contributed by atoms with E-state index in [1.54, 1.807) is 6.08 Å². The first-order chi connectivity index (χ1) is 10.9. The monoisotopic (exact) mass is 310 g/mol. The molecule has 0 unspecified atom stereocenters. The number of benzene rings is 1. The van der Waals surface area contributed by atoms with E-state index in [2.05, 4.69) is 0 Å². The van der Waals surface area contributed by atoms with Gasteiger partial charge in [-0.25, -0.2) is 0 Å². The number of allylic oxidation sites excluding steroid dienone is 3. The maximum absolute atomic E-state index is 11.8. The number of Topliss-reactive ketones (excluding diaryl/α,β-unsaturated/α-hetero) is 4. The van der Waals surface area contributed by atoms with Gasteiger partial charge in [0.05, 0.1) is 23.4 Å². The van der Waals surface area contributed by atoms with E-state index >= 15 is 0 Å². The molecule has 6 nitrogen and oxygen atoms in total. The van der Waals surface area contributed by atoms with E-state index in [0.29, 0.717) is 0 Å². The molecule has 2 aliphatic rings. The molecule has 0 saturated heterocycles. The zero-order valence-corrected chi connectivity index (χ0v) is 12.7. The molecule has 116 valence electrons.